The van der Waals surface area contributed by atoms with Crippen molar-refractivity contribution >= 4 is 22.8 Å². The van der Waals surface area contributed by atoms with Crippen molar-refractivity contribution < 1.29 is 22.7 Å². The van der Waals surface area contributed by atoms with E-state index in [1.54, 1.807) is 41.2 Å². The minimum absolute atomic E-state index is 0.0915. The monoisotopic (exact) mass is 339 g/mol. The number of carbonyl (C=O) groups excluding carboxylic acids is 1. The Hall–Kier alpha value is -3.04. The average molecular weight is 339 g/mol. The Bertz CT molecular complexity index is 884. The Morgan fingerprint density at radius 3 is 2.83 bits per heavy atom. The maximum absolute atomic E-state index is 12.4. The zero-order valence-corrected chi connectivity index (χ0v) is 12.4. The van der Waals surface area contributed by atoms with Crippen molar-refractivity contribution in [2.24, 2.45) is 0 Å². The number of halogens is 3. The lowest BCUT2D eigenvalue weighted by Gasteiger charge is -2.06. The lowest BCUT2D eigenvalue weighted by atomic mass is 10.2. The summed E-state index contributed by atoms with van der Waals surface area (Å²) in [7, 11) is 1.55. The predicted molar refractivity (Wildman–Crippen MR) is 78.5 cm³/mol. The first-order chi connectivity index (χ1) is 11.4. The molecular weight excluding hydrogens is 327 g/mol. The summed E-state index contributed by atoms with van der Waals surface area (Å²) in [6, 6.07) is 7.16. The SMILES string of the molecule is COc1ccc2c(ccn2CC(=O)Nc2n[nH]c(C(F)(F)F)n2)c1. The first-order valence-corrected chi connectivity index (χ1v) is 6.79. The van der Waals surface area contributed by atoms with E-state index in [0.717, 1.165) is 10.9 Å². The minimum Gasteiger partial charge on any atom is -0.497 e. The van der Waals surface area contributed by atoms with Crippen molar-refractivity contribution in [1.82, 2.24) is 19.7 Å². The van der Waals surface area contributed by atoms with Gasteiger partial charge in [-0.3, -0.25) is 15.2 Å². The molecule has 3 rings (SSSR count). The highest BCUT2D eigenvalue weighted by molar-refractivity contribution is 5.90. The molecular formula is C14H12F3N5O2. The van der Waals surface area contributed by atoms with Crippen LogP contribution < -0.4 is 10.1 Å². The van der Waals surface area contributed by atoms with Crippen molar-refractivity contribution in [2.75, 3.05) is 12.4 Å². The summed E-state index contributed by atoms with van der Waals surface area (Å²) in [4.78, 5) is 15.2. The van der Waals surface area contributed by atoms with E-state index in [0.29, 0.717) is 5.75 Å². The summed E-state index contributed by atoms with van der Waals surface area (Å²) in [6.45, 7) is -0.0915. The lowest BCUT2D eigenvalue weighted by Crippen LogP contribution is -2.19. The molecule has 1 amide bonds. The fourth-order valence-corrected chi connectivity index (χ4v) is 2.21. The van der Waals surface area contributed by atoms with Crippen LogP contribution in [0.5, 0.6) is 5.75 Å². The smallest absolute Gasteiger partial charge is 0.451 e. The summed E-state index contributed by atoms with van der Waals surface area (Å²) in [5.41, 5.74) is 0.789. The number of benzene rings is 1. The van der Waals surface area contributed by atoms with Crippen LogP contribution in [0.1, 0.15) is 5.82 Å². The molecule has 0 aliphatic rings. The van der Waals surface area contributed by atoms with Gasteiger partial charge in [-0.05, 0) is 24.3 Å². The topological polar surface area (TPSA) is 84.8 Å². The van der Waals surface area contributed by atoms with Crippen molar-refractivity contribution in [3.05, 3.63) is 36.3 Å². The summed E-state index contributed by atoms with van der Waals surface area (Å²) in [6.07, 6.45) is -2.95. The second kappa shape index (κ2) is 5.87. The maximum Gasteiger partial charge on any atom is 0.451 e. The summed E-state index contributed by atoms with van der Waals surface area (Å²) in [5.74, 6) is -1.55. The molecule has 1 aromatic carbocycles. The van der Waals surface area contributed by atoms with Crippen molar-refractivity contribution in [3.63, 3.8) is 0 Å². The van der Waals surface area contributed by atoms with Crippen LogP contribution in [0.4, 0.5) is 19.1 Å². The van der Waals surface area contributed by atoms with Crippen molar-refractivity contribution in [3.8, 4) is 5.75 Å². The number of methoxy groups -OCH3 is 1. The number of carbonyl (C=O) groups is 1. The van der Waals surface area contributed by atoms with E-state index in [1.807, 2.05) is 6.07 Å². The van der Waals surface area contributed by atoms with E-state index in [4.69, 9.17) is 4.74 Å². The van der Waals surface area contributed by atoms with Crippen LogP contribution in [0.25, 0.3) is 10.9 Å². The van der Waals surface area contributed by atoms with Crippen LogP contribution in [0.2, 0.25) is 0 Å². The summed E-state index contributed by atoms with van der Waals surface area (Å²) < 4.78 is 44.0. The van der Waals surface area contributed by atoms with E-state index < -0.39 is 23.9 Å². The van der Waals surface area contributed by atoms with Gasteiger partial charge in [-0.1, -0.05) is 0 Å². The van der Waals surface area contributed by atoms with Gasteiger partial charge in [0.2, 0.25) is 17.7 Å². The zero-order chi connectivity index (χ0) is 17.3. The van der Waals surface area contributed by atoms with Gasteiger partial charge in [-0.15, -0.1) is 5.10 Å². The van der Waals surface area contributed by atoms with Gasteiger partial charge in [0.05, 0.1) is 7.11 Å². The Kier molecular flexibility index (Phi) is 3.87. The number of rotatable bonds is 4. The molecule has 2 N–H and O–H groups in total. The minimum atomic E-state index is -4.65. The van der Waals surface area contributed by atoms with Gasteiger partial charge in [0.25, 0.3) is 0 Å². The number of hydrogen-bond donors (Lipinski definition) is 2. The highest BCUT2D eigenvalue weighted by Gasteiger charge is 2.35. The number of alkyl halides is 3. The molecule has 126 valence electrons. The number of aromatic amines is 1. The van der Waals surface area contributed by atoms with Crippen LogP contribution in [0, 0.1) is 0 Å². The molecule has 24 heavy (non-hydrogen) atoms. The predicted octanol–water partition coefficient (Wildman–Crippen LogP) is 2.43. The molecule has 10 heteroatoms. The molecule has 0 aliphatic carbocycles. The third kappa shape index (κ3) is 3.16. The molecule has 0 spiro atoms. The molecule has 0 atom stereocenters. The standard InChI is InChI=1S/C14H12F3N5O2/c1-24-9-2-3-10-8(6-9)4-5-22(10)7-11(23)18-13-19-12(20-21-13)14(15,16)17/h2-6H,7H2,1H3,(H2,18,19,20,21,23). The fraction of sp³-hybridized carbons (Fsp3) is 0.214. The quantitative estimate of drug-likeness (QED) is 0.764. The third-order valence-corrected chi connectivity index (χ3v) is 3.30. The number of amides is 1. The maximum atomic E-state index is 12.4. The Labute approximate surface area is 133 Å². The van der Waals surface area contributed by atoms with Gasteiger partial charge in [0.1, 0.15) is 12.3 Å². The molecule has 0 bridgehead atoms. The van der Waals surface area contributed by atoms with Crippen LogP contribution in [0.3, 0.4) is 0 Å². The van der Waals surface area contributed by atoms with Crippen LogP contribution >= 0.6 is 0 Å². The number of nitrogens with zero attached hydrogens (tertiary/aromatic N) is 3. The number of fused-ring (bicyclic) bond motifs is 1. The van der Waals surface area contributed by atoms with Crippen LogP contribution in [-0.2, 0) is 17.5 Å². The summed E-state index contributed by atoms with van der Waals surface area (Å²) >= 11 is 0. The Morgan fingerprint density at radius 2 is 2.17 bits per heavy atom. The highest BCUT2D eigenvalue weighted by Crippen LogP contribution is 2.26. The highest BCUT2D eigenvalue weighted by atomic mass is 19.4. The van der Waals surface area contributed by atoms with Crippen LogP contribution in [-0.4, -0.2) is 32.8 Å². The first kappa shape index (κ1) is 15.8. The molecule has 0 saturated heterocycles. The lowest BCUT2D eigenvalue weighted by molar-refractivity contribution is -0.144. The zero-order valence-electron chi connectivity index (χ0n) is 12.4. The van der Waals surface area contributed by atoms with Crippen molar-refractivity contribution in [2.45, 2.75) is 12.7 Å². The number of ether oxygens (including phenoxy) is 1. The number of hydrogen-bond acceptors (Lipinski definition) is 4. The van der Waals surface area contributed by atoms with E-state index in [2.05, 4.69) is 15.4 Å². The molecule has 0 radical (unpaired) electrons. The normalized spacial score (nSPS) is 11.7. The fourth-order valence-electron chi connectivity index (χ4n) is 2.21. The molecule has 2 heterocycles. The Morgan fingerprint density at radius 1 is 1.38 bits per heavy atom. The molecule has 0 aliphatic heterocycles. The molecule has 0 unspecified atom stereocenters. The number of nitrogens with one attached hydrogen (secondary N) is 2. The first-order valence-electron chi connectivity index (χ1n) is 6.79. The number of H-pyrrole nitrogens is 1. The van der Waals surface area contributed by atoms with E-state index in [9.17, 15) is 18.0 Å². The largest absolute Gasteiger partial charge is 0.497 e. The van der Waals surface area contributed by atoms with E-state index in [-0.39, 0.29) is 6.54 Å². The van der Waals surface area contributed by atoms with Gasteiger partial charge in [-0.25, -0.2) is 0 Å². The third-order valence-electron chi connectivity index (χ3n) is 3.30. The summed E-state index contributed by atoms with van der Waals surface area (Å²) in [5, 5.41) is 8.15. The molecule has 0 fully saturated rings. The average Bonchev–Trinajstić information content (AvgIpc) is 3.14. The van der Waals surface area contributed by atoms with Gasteiger partial charge in [0, 0.05) is 17.1 Å². The van der Waals surface area contributed by atoms with Crippen LogP contribution in [0.15, 0.2) is 30.5 Å². The van der Waals surface area contributed by atoms with Gasteiger partial charge < -0.3 is 9.30 Å². The molecule has 3 aromatic rings. The van der Waals surface area contributed by atoms with Crippen molar-refractivity contribution in [1.29, 1.82) is 0 Å². The molecule has 2 aromatic heterocycles. The number of anilines is 1. The second-order valence-electron chi connectivity index (χ2n) is 4.92. The van der Waals surface area contributed by atoms with Gasteiger partial charge in [0.15, 0.2) is 0 Å². The molecule has 7 nitrogen and oxygen atoms in total. The second-order valence-corrected chi connectivity index (χ2v) is 4.92. The van der Waals surface area contributed by atoms with Gasteiger partial charge >= 0.3 is 6.18 Å². The van der Waals surface area contributed by atoms with Gasteiger partial charge in [-0.2, -0.15) is 18.2 Å². The van der Waals surface area contributed by atoms with E-state index in [1.165, 1.54) is 0 Å². The number of aromatic nitrogens is 4. The Balaban J connectivity index is 1.72. The molecule has 0 saturated carbocycles. The van der Waals surface area contributed by atoms with E-state index >= 15 is 0 Å².